The molecule has 0 aliphatic heterocycles. The van der Waals surface area contributed by atoms with Crippen molar-refractivity contribution in [3.05, 3.63) is 25.1 Å². The third-order valence-electron chi connectivity index (χ3n) is 1.60. The minimum Gasteiger partial charge on any atom is -0.263 e. The minimum absolute atomic E-state index is 0.368. The van der Waals surface area contributed by atoms with E-state index in [4.69, 9.17) is 0 Å². The Morgan fingerprint density at radius 1 is 1.25 bits per heavy atom. The molecule has 0 amide bonds. The van der Waals surface area contributed by atoms with Gasteiger partial charge < -0.3 is 0 Å². The van der Waals surface area contributed by atoms with E-state index in [-0.39, 0.29) is 0 Å². The lowest BCUT2D eigenvalue weighted by molar-refractivity contribution is 0.888. The van der Waals surface area contributed by atoms with Crippen LogP contribution in [0.5, 0.6) is 0 Å². The van der Waals surface area contributed by atoms with Gasteiger partial charge in [0, 0.05) is 18.1 Å². The number of hydrogen-bond donors (Lipinski definition) is 0. The van der Waals surface area contributed by atoms with E-state index in [1.165, 1.54) is 12.6 Å². The van der Waals surface area contributed by atoms with E-state index < -0.39 is 0 Å². The molecule has 2 heteroatoms. The highest BCUT2D eigenvalue weighted by Crippen LogP contribution is 2.03. The minimum atomic E-state index is 0.368. The highest BCUT2D eigenvalue weighted by atomic mass is 14.8. The van der Waals surface area contributed by atoms with Gasteiger partial charge in [0.05, 0.1) is 5.71 Å². The molecule has 0 spiro atoms. The molecular formula is C14H26N2. The van der Waals surface area contributed by atoms with E-state index in [0.717, 1.165) is 17.8 Å². The van der Waals surface area contributed by atoms with Crippen LogP contribution in [-0.4, -0.2) is 11.9 Å². The van der Waals surface area contributed by atoms with Crippen LogP contribution >= 0.6 is 0 Å². The van der Waals surface area contributed by atoms with Crippen LogP contribution < -0.4 is 0 Å². The second-order valence-corrected chi connectivity index (χ2v) is 3.78. The van der Waals surface area contributed by atoms with Crippen LogP contribution in [0, 0.1) is 5.92 Å². The van der Waals surface area contributed by atoms with E-state index >= 15 is 0 Å². The maximum absolute atomic E-state index is 4.36. The molecule has 0 atom stereocenters. The van der Waals surface area contributed by atoms with Crippen molar-refractivity contribution in [3.8, 4) is 0 Å². The fourth-order valence-corrected chi connectivity index (χ4v) is 0.698. The summed E-state index contributed by atoms with van der Waals surface area (Å²) in [5.74, 6) is 0.368. The number of aliphatic imine (C=N–C) groups is 2. The average Bonchev–Trinajstić information content (AvgIpc) is 2.24. The van der Waals surface area contributed by atoms with E-state index in [9.17, 15) is 0 Å². The van der Waals surface area contributed by atoms with Gasteiger partial charge in [0.2, 0.25) is 0 Å². The van der Waals surface area contributed by atoms with Gasteiger partial charge in [-0.05, 0) is 12.3 Å². The molecule has 0 saturated heterocycles. The van der Waals surface area contributed by atoms with E-state index in [1.54, 1.807) is 6.21 Å². The zero-order valence-corrected chi connectivity index (χ0v) is 11.5. The maximum atomic E-state index is 4.36. The summed E-state index contributed by atoms with van der Waals surface area (Å²) in [6.07, 6.45) is 5.36. The highest BCUT2D eigenvalue weighted by molar-refractivity contribution is 6.31. The second-order valence-electron chi connectivity index (χ2n) is 3.78. The average molecular weight is 222 g/mol. The predicted molar refractivity (Wildman–Crippen MR) is 76.4 cm³/mol. The lowest BCUT2D eigenvalue weighted by atomic mass is 10.1. The van der Waals surface area contributed by atoms with Gasteiger partial charge in [-0.1, -0.05) is 54.2 Å². The Bertz CT molecular complexity index is 247. The van der Waals surface area contributed by atoms with Gasteiger partial charge in [0.1, 0.15) is 0 Å². The molecule has 0 fully saturated rings. The standard InChI is InChI=1S/C11H18N2.C3H8/c1-6-10(5)13-11(9(3)4)8-12-7-2;1-3-2/h7-9H,2,5-6H2,1,3-4H3;3H2,1-2H3. The Labute approximate surface area is 101 Å². The molecule has 0 bridgehead atoms. The summed E-state index contributed by atoms with van der Waals surface area (Å²) in [4.78, 5) is 8.30. The summed E-state index contributed by atoms with van der Waals surface area (Å²) in [6, 6.07) is 0. The zero-order valence-electron chi connectivity index (χ0n) is 11.5. The lowest BCUT2D eigenvalue weighted by Gasteiger charge is -2.04. The van der Waals surface area contributed by atoms with Crippen molar-refractivity contribution in [2.45, 2.75) is 47.5 Å². The lowest BCUT2D eigenvalue weighted by Crippen LogP contribution is -2.09. The van der Waals surface area contributed by atoms with Gasteiger partial charge in [-0.25, -0.2) is 0 Å². The maximum Gasteiger partial charge on any atom is 0.0614 e. The van der Waals surface area contributed by atoms with Gasteiger partial charge in [-0.2, -0.15) is 0 Å². The Hall–Kier alpha value is -1.18. The predicted octanol–water partition coefficient (Wildman–Crippen LogP) is 4.64. The molecule has 0 rings (SSSR count). The molecule has 0 aliphatic carbocycles. The van der Waals surface area contributed by atoms with E-state index in [0.29, 0.717) is 5.92 Å². The van der Waals surface area contributed by atoms with Crippen LogP contribution in [0.4, 0.5) is 0 Å². The first-order chi connectivity index (χ1) is 7.53. The summed E-state index contributed by atoms with van der Waals surface area (Å²) < 4.78 is 0. The monoisotopic (exact) mass is 222 g/mol. The molecule has 0 radical (unpaired) electrons. The molecule has 0 aromatic rings. The summed E-state index contributed by atoms with van der Waals surface area (Å²) >= 11 is 0. The first kappa shape index (κ1) is 17.2. The third-order valence-corrected chi connectivity index (χ3v) is 1.60. The Morgan fingerprint density at radius 2 is 1.75 bits per heavy atom. The molecule has 0 heterocycles. The molecule has 92 valence electrons. The topological polar surface area (TPSA) is 24.7 Å². The van der Waals surface area contributed by atoms with Crippen LogP contribution in [-0.2, 0) is 0 Å². The number of nitrogens with zero attached hydrogens (tertiary/aromatic N) is 2. The van der Waals surface area contributed by atoms with Gasteiger partial charge >= 0.3 is 0 Å². The largest absolute Gasteiger partial charge is 0.263 e. The molecule has 0 saturated carbocycles. The van der Waals surface area contributed by atoms with Crippen molar-refractivity contribution in [1.82, 2.24) is 0 Å². The molecule has 0 N–H and O–H groups in total. The normalized spacial score (nSPS) is 11.2. The molecule has 16 heavy (non-hydrogen) atoms. The number of rotatable bonds is 5. The molecule has 0 aromatic heterocycles. The number of allylic oxidation sites excluding steroid dienone is 1. The molecule has 0 aromatic carbocycles. The molecule has 0 aliphatic rings. The van der Waals surface area contributed by atoms with E-state index in [2.05, 4.69) is 50.8 Å². The van der Waals surface area contributed by atoms with Crippen molar-refractivity contribution in [2.75, 3.05) is 0 Å². The molecule has 2 nitrogen and oxygen atoms in total. The Morgan fingerprint density at radius 3 is 2.06 bits per heavy atom. The Kier molecular flexibility index (Phi) is 12.8. The van der Waals surface area contributed by atoms with Gasteiger partial charge in [0.15, 0.2) is 0 Å². The quantitative estimate of drug-likeness (QED) is 0.605. The SMILES string of the molecule is C=CN=CC(=NC(=C)CC)C(C)C.CCC. The van der Waals surface area contributed by atoms with Crippen molar-refractivity contribution < 1.29 is 0 Å². The smallest absolute Gasteiger partial charge is 0.0614 e. The van der Waals surface area contributed by atoms with Crippen LogP contribution in [0.2, 0.25) is 0 Å². The van der Waals surface area contributed by atoms with Crippen molar-refractivity contribution >= 4 is 11.9 Å². The van der Waals surface area contributed by atoms with Crippen molar-refractivity contribution in [1.29, 1.82) is 0 Å². The van der Waals surface area contributed by atoms with Gasteiger partial charge in [0.25, 0.3) is 0 Å². The van der Waals surface area contributed by atoms with Crippen molar-refractivity contribution in [2.24, 2.45) is 15.9 Å². The summed E-state index contributed by atoms with van der Waals surface area (Å²) in [7, 11) is 0. The third kappa shape index (κ3) is 10.9. The zero-order chi connectivity index (χ0) is 13.0. The highest BCUT2D eigenvalue weighted by Gasteiger charge is 2.01. The van der Waals surface area contributed by atoms with Gasteiger partial charge in [-0.3, -0.25) is 9.98 Å². The summed E-state index contributed by atoms with van der Waals surface area (Å²) in [6.45, 7) is 17.8. The van der Waals surface area contributed by atoms with E-state index in [1.807, 2.05) is 6.92 Å². The fourth-order valence-electron chi connectivity index (χ4n) is 0.698. The number of hydrogen-bond acceptors (Lipinski definition) is 2. The second kappa shape index (κ2) is 11.9. The first-order valence-electron chi connectivity index (χ1n) is 5.93. The molecule has 0 unspecified atom stereocenters. The Balaban J connectivity index is 0. The summed E-state index contributed by atoms with van der Waals surface area (Å²) in [5.41, 5.74) is 1.84. The first-order valence-corrected chi connectivity index (χ1v) is 5.93. The van der Waals surface area contributed by atoms with Crippen LogP contribution in [0.3, 0.4) is 0 Å². The van der Waals surface area contributed by atoms with Crippen LogP contribution in [0.15, 0.2) is 35.0 Å². The van der Waals surface area contributed by atoms with Gasteiger partial charge in [-0.15, -0.1) is 0 Å². The fraction of sp³-hybridized carbons (Fsp3) is 0.571. The van der Waals surface area contributed by atoms with Crippen molar-refractivity contribution in [3.63, 3.8) is 0 Å². The summed E-state index contributed by atoms with van der Waals surface area (Å²) in [5, 5.41) is 0. The van der Waals surface area contributed by atoms with Crippen LogP contribution in [0.25, 0.3) is 0 Å². The van der Waals surface area contributed by atoms with Crippen LogP contribution in [0.1, 0.15) is 47.5 Å². The molecular weight excluding hydrogens is 196 g/mol.